The Morgan fingerprint density at radius 1 is 0.414 bits per heavy atom. The van der Waals surface area contributed by atoms with Gasteiger partial charge in [-0.15, -0.1) is 0 Å². The predicted octanol–water partition coefficient (Wildman–Crippen LogP) is 14.1. The molecule has 274 valence electrons. The minimum absolute atomic E-state index is 0.293. The van der Waals surface area contributed by atoms with Gasteiger partial charge in [0, 0.05) is 44.1 Å². The van der Waals surface area contributed by atoms with Crippen LogP contribution < -0.4 is 0 Å². The quantitative estimate of drug-likeness (QED) is 0.170. The topological polar surface area (TPSA) is 43.9 Å². The summed E-state index contributed by atoms with van der Waals surface area (Å²) >= 11 is 0. The molecule has 8 aromatic carbocycles. The van der Waals surface area contributed by atoms with E-state index in [1.807, 2.05) is 109 Å². The Balaban J connectivity index is 1.04. The van der Waals surface area contributed by atoms with Crippen LogP contribution in [0.2, 0.25) is 0 Å². The van der Waals surface area contributed by atoms with Crippen LogP contribution in [0.15, 0.2) is 192 Å². The first-order valence-corrected chi connectivity index (χ1v) is 19.1. The van der Waals surface area contributed by atoms with E-state index < -0.39 is 0 Å². The molecule has 11 aromatic rings. The van der Waals surface area contributed by atoms with Gasteiger partial charge in [0.05, 0.1) is 27.8 Å². The van der Waals surface area contributed by atoms with Gasteiger partial charge in [-0.3, -0.25) is 0 Å². The summed E-state index contributed by atoms with van der Waals surface area (Å²) in [4.78, 5) is 10.2. The molecule has 0 spiro atoms. The molecule has 58 heavy (non-hydrogen) atoms. The highest BCUT2D eigenvalue weighted by Crippen LogP contribution is 2.41. The van der Waals surface area contributed by atoms with Crippen LogP contribution in [0.1, 0.15) is 0 Å². The number of nitrogens with zero attached hydrogens (tertiary/aromatic N) is 3. The number of rotatable bonds is 6. The molecule has 6 heteroatoms. The van der Waals surface area contributed by atoms with E-state index in [0.717, 1.165) is 77.8 Å². The van der Waals surface area contributed by atoms with Crippen LogP contribution in [0, 0.1) is 11.6 Å². The number of hydrogen-bond donors (Lipinski definition) is 0. The van der Waals surface area contributed by atoms with Gasteiger partial charge in [-0.05, 0) is 71.3 Å². The van der Waals surface area contributed by atoms with Crippen LogP contribution in [0.5, 0.6) is 0 Å². The second-order valence-electron chi connectivity index (χ2n) is 14.4. The lowest BCUT2D eigenvalue weighted by Gasteiger charge is -2.13. The van der Waals surface area contributed by atoms with E-state index in [4.69, 9.17) is 14.4 Å². The number of para-hydroxylation sites is 1. The maximum atomic E-state index is 16.0. The van der Waals surface area contributed by atoms with Crippen molar-refractivity contribution < 1.29 is 13.2 Å². The second kappa shape index (κ2) is 13.5. The Morgan fingerprint density at radius 3 is 1.74 bits per heavy atom. The third-order valence-corrected chi connectivity index (χ3v) is 11.0. The van der Waals surface area contributed by atoms with Gasteiger partial charge in [-0.2, -0.15) is 0 Å². The minimum atomic E-state index is -0.309. The molecule has 0 aliphatic heterocycles. The van der Waals surface area contributed by atoms with E-state index in [-0.39, 0.29) is 11.6 Å². The molecule has 0 amide bonds. The van der Waals surface area contributed by atoms with E-state index in [1.54, 1.807) is 18.2 Å². The zero-order valence-electron chi connectivity index (χ0n) is 30.9. The van der Waals surface area contributed by atoms with E-state index in [2.05, 4.69) is 53.1 Å². The van der Waals surface area contributed by atoms with Crippen LogP contribution >= 0.6 is 0 Å². The zero-order chi connectivity index (χ0) is 38.7. The van der Waals surface area contributed by atoms with Crippen LogP contribution in [0.4, 0.5) is 8.78 Å². The molecule has 4 nitrogen and oxygen atoms in total. The molecule has 0 N–H and O–H groups in total. The van der Waals surface area contributed by atoms with E-state index in [0.29, 0.717) is 27.8 Å². The molecule has 0 saturated heterocycles. The number of fused-ring (bicyclic) bond motifs is 6. The number of furan rings is 1. The lowest BCUT2D eigenvalue weighted by molar-refractivity contribution is 0.634. The molecule has 0 unspecified atom stereocenters. The molecule has 0 radical (unpaired) electrons. The summed E-state index contributed by atoms with van der Waals surface area (Å²) in [5.74, 6) is 0.00311. The third-order valence-electron chi connectivity index (χ3n) is 11.0. The van der Waals surface area contributed by atoms with Crippen molar-refractivity contribution in [2.45, 2.75) is 0 Å². The number of halogens is 2. The van der Waals surface area contributed by atoms with Crippen LogP contribution in [-0.4, -0.2) is 14.5 Å². The maximum absolute atomic E-state index is 16.0. The molecular weight excluding hydrogens is 721 g/mol. The summed E-state index contributed by atoms with van der Waals surface area (Å²) < 4.78 is 39.2. The van der Waals surface area contributed by atoms with Gasteiger partial charge < -0.3 is 8.98 Å². The monoisotopic (exact) mass is 751 g/mol. The lowest BCUT2D eigenvalue weighted by atomic mass is 9.97. The maximum Gasteiger partial charge on any atom is 0.161 e. The van der Waals surface area contributed by atoms with Crippen LogP contribution in [-0.2, 0) is 0 Å². The van der Waals surface area contributed by atoms with Crippen LogP contribution in [0.25, 0.3) is 106 Å². The summed E-state index contributed by atoms with van der Waals surface area (Å²) in [6.07, 6.45) is 0. The number of hydrogen-bond acceptors (Lipinski definition) is 3. The van der Waals surface area contributed by atoms with Gasteiger partial charge in [0.25, 0.3) is 0 Å². The van der Waals surface area contributed by atoms with Gasteiger partial charge in [0.1, 0.15) is 22.8 Å². The average Bonchev–Trinajstić information content (AvgIpc) is 3.84. The molecule has 3 heterocycles. The summed E-state index contributed by atoms with van der Waals surface area (Å²) in [5, 5.41) is 2.55. The van der Waals surface area contributed by atoms with E-state index >= 15 is 4.39 Å². The van der Waals surface area contributed by atoms with Crippen molar-refractivity contribution in [1.82, 2.24) is 14.5 Å². The van der Waals surface area contributed by atoms with Crippen molar-refractivity contribution in [2.24, 2.45) is 0 Å². The van der Waals surface area contributed by atoms with Crippen molar-refractivity contribution in [3.05, 3.63) is 200 Å². The summed E-state index contributed by atoms with van der Waals surface area (Å²) in [5.41, 5.74) is 11.8. The van der Waals surface area contributed by atoms with Gasteiger partial charge >= 0.3 is 0 Å². The standard InChI is InChI=1S/C52H31F2N3O/c53-42-20-10-22-47-49(42)41-30-35(37-16-7-8-17-39(37)52-55-44(33-12-3-1-4-13-33)31-45(56-52)34-14-5-2-6-15-34)26-29-46(41)57(47)36-27-24-32(25-28-36)38-18-9-19-40-50-43(54)21-11-23-48(50)58-51(38)40/h1-31H. The highest BCUT2D eigenvalue weighted by atomic mass is 19.1. The van der Waals surface area contributed by atoms with Gasteiger partial charge in [0.15, 0.2) is 5.82 Å². The van der Waals surface area contributed by atoms with E-state index in [1.165, 1.54) is 12.1 Å². The first-order chi connectivity index (χ1) is 28.6. The van der Waals surface area contributed by atoms with Gasteiger partial charge in [-0.1, -0.05) is 133 Å². The molecule has 0 aliphatic rings. The Labute approximate surface area is 331 Å². The molecule has 3 aromatic heterocycles. The SMILES string of the molecule is Fc1cccc2oc3c(-c4ccc(-n5c6ccc(-c7ccccc7-c7nc(-c8ccccc8)cc(-c8ccccc8)n7)cc6c6c(F)cccc65)cc4)cccc3c12. The molecule has 0 aliphatic carbocycles. The summed E-state index contributed by atoms with van der Waals surface area (Å²) in [7, 11) is 0. The Hall–Kier alpha value is -7.70. The molecular formula is C52H31F2N3O. The summed E-state index contributed by atoms with van der Waals surface area (Å²) in [6.45, 7) is 0. The second-order valence-corrected chi connectivity index (χ2v) is 14.4. The van der Waals surface area contributed by atoms with Gasteiger partial charge in [0.2, 0.25) is 0 Å². The molecule has 0 atom stereocenters. The van der Waals surface area contributed by atoms with Crippen molar-refractivity contribution >= 4 is 43.7 Å². The van der Waals surface area contributed by atoms with Crippen molar-refractivity contribution in [3.63, 3.8) is 0 Å². The lowest BCUT2D eigenvalue weighted by Crippen LogP contribution is -1.97. The van der Waals surface area contributed by atoms with Crippen molar-refractivity contribution in [1.29, 1.82) is 0 Å². The fraction of sp³-hybridized carbons (Fsp3) is 0. The molecule has 0 fully saturated rings. The Kier molecular flexibility index (Phi) is 7.83. The predicted molar refractivity (Wildman–Crippen MR) is 231 cm³/mol. The normalized spacial score (nSPS) is 11.6. The first kappa shape index (κ1) is 33.6. The van der Waals surface area contributed by atoms with E-state index in [9.17, 15) is 4.39 Å². The Morgan fingerprint density at radius 2 is 1.02 bits per heavy atom. The molecule has 0 saturated carbocycles. The summed E-state index contributed by atoms with van der Waals surface area (Å²) in [6, 6.07) is 60.7. The highest BCUT2D eigenvalue weighted by molar-refractivity contribution is 6.12. The fourth-order valence-corrected chi connectivity index (χ4v) is 8.31. The number of benzene rings is 8. The molecule has 0 bridgehead atoms. The van der Waals surface area contributed by atoms with Gasteiger partial charge in [-0.25, -0.2) is 18.7 Å². The molecule has 11 rings (SSSR count). The highest BCUT2D eigenvalue weighted by Gasteiger charge is 2.20. The van der Waals surface area contributed by atoms with Crippen molar-refractivity contribution in [2.75, 3.05) is 0 Å². The van der Waals surface area contributed by atoms with Crippen LogP contribution in [0.3, 0.4) is 0 Å². The van der Waals surface area contributed by atoms with Crippen molar-refractivity contribution in [3.8, 4) is 61.8 Å². The Bertz CT molecular complexity index is 3290. The third kappa shape index (κ3) is 5.49. The number of aromatic nitrogens is 3. The first-order valence-electron chi connectivity index (χ1n) is 19.1. The largest absolute Gasteiger partial charge is 0.455 e. The smallest absolute Gasteiger partial charge is 0.161 e. The minimum Gasteiger partial charge on any atom is -0.455 e. The average molecular weight is 752 g/mol. The zero-order valence-corrected chi connectivity index (χ0v) is 30.9. The fourth-order valence-electron chi connectivity index (χ4n) is 8.31.